The van der Waals surface area contributed by atoms with E-state index in [0.717, 1.165) is 49.5 Å². The number of guanidine groups is 1. The van der Waals surface area contributed by atoms with Gasteiger partial charge in [0.15, 0.2) is 5.96 Å². The van der Waals surface area contributed by atoms with E-state index in [9.17, 15) is 4.79 Å². The number of thiazole rings is 1. The predicted octanol–water partition coefficient (Wildman–Crippen LogP) is 3.01. The summed E-state index contributed by atoms with van der Waals surface area (Å²) in [5.41, 5.74) is 2.28. The Morgan fingerprint density at radius 3 is 2.89 bits per heavy atom. The molecule has 1 amide bonds. The number of fused-ring (bicyclic) bond motifs is 1. The standard InChI is InChI=1S/C20H27N5OS.HI/c1-3-16-13-23-18(27-16)10-11-22-20(21-2)24-14-19(26)25-12-6-8-15-7-4-5-9-17(15)25;/h4-5,7,9,13H,3,6,8,10-12,14H2,1-2H3,(H2,21,22,24);1H. The zero-order valence-electron chi connectivity index (χ0n) is 16.4. The van der Waals surface area contributed by atoms with Crippen molar-refractivity contribution in [1.29, 1.82) is 0 Å². The maximum atomic E-state index is 12.7. The van der Waals surface area contributed by atoms with E-state index in [4.69, 9.17) is 0 Å². The van der Waals surface area contributed by atoms with Gasteiger partial charge in [-0.2, -0.15) is 0 Å². The van der Waals surface area contributed by atoms with Gasteiger partial charge in [0, 0.05) is 43.3 Å². The minimum absolute atomic E-state index is 0. The summed E-state index contributed by atoms with van der Waals surface area (Å²) in [5, 5.41) is 7.51. The molecule has 0 spiro atoms. The number of carbonyl (C=O) groups is 1. The molecule has 28 heavy (non-hydrogen) atoms. The van der Waals surface area contributed by atoms with E-state index in [2.05, 4.69) is 33.6 Å². The largest absolute Gasteiger partial charge is 0.356 e. The van der Waals surface area contributed by atoms with Gasteiger partial charge in [-0.15, -0.1) is 35.3 Å². The molecule has 2 heterocycles. The van der Waals surface area contributed by atoms with Gasteiger partial charge in [0.25, 0.3) is 0 Å². The lowest BCUT2D eigenvalue weighted by Gasteiger charge is -2.29. The van der Waals surface area contributed by atoms with Crippen LogP contribution in [0.4, 0.5) is 5.69 Å². The smallest absolute Gasteiger partial charge is 0.246 e. The van der Waals surface area contributed by atoms with Crippen LogP contribution in [0, 0.1) is 0 Å². The Morgan fingerprint density at radius 2 is 2.14 bits per heavy atom. The number of halogens is 1. The number of nitrogens with one attached hydrogen (secondary N) is 2. The summed E-state index contributed by atoms with van der Waals surface area (Å²) < 4.78 is 0. The fourth-order valence-electron chi connectivity index (χ4n) is 3.18. The van der Waals surface area contributed by atoms with Crippen LogP contribution in [0.1, 0.15) is 28.8 Å². The third kappa shape index (κ3) is 5.91. The lowest BCUT2D eigenvalue weighted by atomic mass is 10.0. The minimum Gasteiger partial charge on any atom is -0.356 e. The van der Waals surface area contributed by atoms with Gasteiger partial charge in [0.1, 0.15) is 0 Å². The Labute approximate surface area is 187 Å². The molecule has 0 fully saturated rings. The number of hydrogen-bond donors (Lipinski definition) is 2. The van der Waals surface area contributed by atoms with Gasteiger partial charge in [0.05, 0.1) is 11.6 Å². The Kier molecular flexibility index (Phi) is 9.17. The van der Waals surface area contributed by atoms with Gasteiger partial charge in [-0.05, 0) is 30.9 Å². The maximum Gasteiger partial charge on any atom is 0.246 e. The van der Waals surface area contributed by atoms with Gasteiger partial charge in [-0.3, -0.25) is 9.79 Å². The van der Waals surface area contributed by atoms with Crippen LogP contribution in [-0.4, -0.2) is 43.5 Å². The second-order valence-electron chi connectivity index (χ2n) is 6.45. The first-order chi connectivity index (χ1) is 13.2. The molecule has 0 unspecified atom stereocenters. The third-order valence-corrected chi connectivity index (χ3v) is 5.82. The van der Waals surface area contributed by atoms with E-state index < -0.39 is 0 Å². The molecule has 2 aromatic rings. The van der Waals surface area contributed by atoms with Crippen molar-refractivity contribution in [2.24, 2.45) is 4.99 Å². The second kappa shape index (κ2) is 11.4. The molecule has 1 aromatic heterocycles. The van der Waals surface area contributed by atoms with Crippen LogP contribution in [-0.2, 0) is 24.1 Å². The Bertz CT molecular complexity index is 807. The van der Waals surface area contributed by atoms with Gasteiger partial charge >= 0.3 is 0 Å². The van der Waals surface area contributed by atoms with E-state index in [-0.39, 0.29) is 36.4 Å². The van der Waals surface area contributed by atoms with E-state index >= 15 is 0 Å². The molecular formula is C20H28IN5OS. The molecule has 1 aliphatic heterocycles. The number of aliphatic imine (C=N–C) groups is 1. The number of aromatic nitrogens is 1. The molecule has 0 bridgehead atoms. The maximum absolute atomic E-state index is 12.7. The first kappa shape index (κ1) is 22.6. The number of amides is 1. The average molecular weight is 513 g/mol. The number of carbonyl (C=O) groups excluding carboxylic acids is 1. The van der Waals surface area contributed by atoms with E-state index in [1.807, 2.05) is 29.3 Å². The molecule has 1 aromatic carbocycles. The summed E-state index contributed by atoms with van der Waals surface area (Å²) >= 11 is 1.75. The predicted molar refractivity (Wildman–Crippen MR) is 127 cm³/mol. The minimum atomic E-state index is 0. The van der Waals surface area contributed by atoms with Crippen molar-refractivity contribution in [2.75, 3.05) is 31.6 Å². The van der Waals surface area contributed by atoms with Crippen molar-refractivity contribution in [3.05, 3.63) is 45.9 Å². The molecule has 0 saturated heterocycles. The second-order valence-corrected chi connectivity index (χ2v) is 7.65. The number of benzene rings is 1. The molecule has 0 saturated carbocycles. The number of aryl methyl sites for hydroxylation is 2. The number of nitrogens with zero attached hydrogens (tertiary/aromatic N) is 3. The fourth-order valence-corrected chi connectivity index (χ4v) is 4.04. The van der Waals surface area contributed by atoms with Crippen LogP contribution in [0.5, 0.6) is 0 Å². The highest BCUT2D eigenvalue weighted by Crippen LogP contribution is 2.26. The molecule has 6 nitrogen and oxygen atoms in total. The number of anilines is 1. The summed E-state index contributed by atoms with van der Waals surface area (Å²) in [6.07, 6.45) is 5.85. The summed E-state index contributed by atoms with van der Waals surface area (Å²) in [5.74, 6) is 0.707. The molecule has 0 aliphatic carbocycles. The summed E-state index contributed by atoms with van der Waals surface area (Å²) in [4.78, 5) is 24.5. The summed E-state index contributed by atoms with van der Waals surface area (Å²) in [7, 11) is 1.72. The highest BCUT2D eigenvalue weighted by atomic mass is 127. The topological polar surface area (TPSA) is 69.6 Å². The van der Waals surface area contributed by atoms with Crippen LogP contribution < -0.4 is 15.5 Å². The van der Waals surface area contributed by atoms with Crippen molar-refractivity contribution >= 4 is 52.9 Å². The quantitative estimate of drug-likeness (QED) is 0.354. The molecule has 152 valence electrons. The van der Waals surface area contributed by atoms with Crippen molar-refractivity contribution < 1.29 is 4.79 Å². The molecule has 3 rings (SSSR count). The van der Waals surface area contributed by atoms with Crippen LogP contribution >= 0.6 is 35.3 Å². The Hall–Kier alpha value is -1.68. The molecular weight excluding hydrogens is 485 g/mol. The molecule has 8 heteroatoms. The van der Waals surface area contributed by atoms with Crippen molar-refractivity contribution in [2.45, 2.75) is 32.6 Å². The zero-order valence-corrected chi connectivity index (χ0v) is 19.5. The third-order valence-electron chi connectivity index (χ3n) is 4.62. The zero-order chi connectivity index (χ0) is 19.1. The van der Waals surface area contributed by atoms with Gasteiger partial charge < -0.3 is 15.5 Å². The Morgan fingerprint density at radius 1 is 1.32 bits per heavy atom. The Balaban J connectivity index is 0.00000280. The number of hydrogen-bond acceptors (Lipinski definition) is 4. The highest BCUT2D eigenvalue weighted by molar-refractivity contribution is 14.0. The lowest BCUT2D eigenvalue weighted by molar-refractivity contribution is -0.117. The fraction of sp³-hybridized carbons (Fsp3) is 0.450. The summed E-state index contributed by atoms with van der Waals surface area (Å²) in [6, 6.07) is 8.15. The molecule has 0 radical (unpaired) electrons. The van der Waals surface area contributed by atoms with Crippen LogP contribution in [0.2, 0.25) is 0 Å². The lowest BCUT2D eigenvalue weighted by Crippen LogP contribution is -2.46. The summed E-state index contributed by atoms with van der Waals surface area (Å²) in [6.45, 7) is 3.87. The van der Waals surface area contributed by atoms with Crippen molar-refractivity contribution in [3.8, 4) is 0 Å². The SMILES string of the molecule is CCc1cnc(CCNC(=NC)NCC(=O)N2CCCc3ccccc32)s1.I. The van der Waals surface area contributed by atoms with E-state index in [1.165, 1.54) is 10.4 Å². The van der Waals surface area contributed by atoms with Crippen molar-refractivity contribution in [3.63, 3.8) is 0 Å². The number of rotatable bonds is 6. The van der Waals surface area contributed by atoms with Crippen molar-refractivity contribution in [1.82, 2.24) is 15.6 Å². The first-order valence-electron chi connectivity index (χ1n) is 9.47. The van der Waals surface area contributed by atoms with Gasteiger partial charge in [-0.25, -0.2) is 4.98 Å². The van der Waals surface area contributed by atoms with Gasteiger partial charge in [0.2, 0.25) is 5.91 Å². The average Bonchev–Trinajstić information content (AvgIpc) is 3.18. The van der Waals surface area contributed by atoms with Crippen LogP contribution in [0.3, 0.4) is 0 Å². The van der Waals surface area contributed by atoms with Crippen LogP contribution in [0.25, 0.3) is 0 Å². The van der Waals surface area contributed by atoms with Gasteiger partial charge in [-0.1, -0.05) is 25.1 Å². The van der Waals surface area contributed by atoms with Crippen LogP contribution in [0.15, 0.2) is 35.5 Å². The van der Waals surface area contributed by atoms with E-state index in [0.29, 0.717) is 5.96 Å². The normalized spacial score (nSPS) is 13.5. The molecule has 1 aliphatic rings. The highest BCUT2D eigenvalue weighted by Gasteiger charge is 2.21. The monoisotopic (exact) mass is 513 g/mol. The molecule has 2 N–H and O–H groups in total. The molecule has 0 atom stereocenters. The first-order valence-corrected chi connectivity index (χ1v) is 10.3. The van der Waals surface area contributed by atoms with E-state index in [1.54, 1.807) is 18.4 Å². The number of para-hydroxylation sites is 1.